The van der Waals surface area contributed by atoms with Crippen LogP contribution in [-0.4, -0.2) is 4.98 Å². The zero-order chi connectivity index (χ0) is 13.1. The van der Waals surface area contributed by atoms with E-state index in [1.54, 1.807) is 0 Å². The van der Waals surface area contributed by atoms with Gasteiger partial charge in [0.25, 0.3) is 0 Å². The highest BCUT2D eigenvalue weighted by Crippen LogP contribution is 2.30. The van der Waals surface area contributed by atoms with Crippen molar-refractivity contribution in [3.63, 3.8) is 0 Å². The van der Waals surface area contributed by atoms with Crippen LogP contribution in [0.2, 0.25) is 0 Å². The maximum absolute atomic E-state index is 4.32. The summed E-state index contributed by atoms with van der Waals surface area (Å²) in [5, 5.41) is 5.88. The van der Waals surface area contributed by atoms with Crippen LogP contribution in [0.15, 0.2) is 65.3 Å². The van der Waals surface area contributed by atoms with E-state index >= 15 is 0 Å². The van der Waals surface area contributed by atoms with Gasteiger partial charge in [-0.1, -0.05) is 46.3 Å². The molecule has 0 atom stereocenters. The summed E-state index contributed by atoms with van der Waals surface area (Å²) >= 11 is 3.59. The van der Waals surface area contributed by atoms with E-state index in [1.165, 1.54) is 10.8 Å². The molecule has 0 saturated heterocycles. The Kier molecular flexibility index (Phi) is 3.47. The summed E-state index contributed by atoms with van der Waals surface area (Å²) in [6.45, 7) is 0.729. The van der Waals surface area contributed by atoms with Crippen LogP contribution in [0.4, 0.5) is 5.69 Å². The Morgan fingerprint density at radius 3 is 2.47 bits per heavy atom. The molecule has 2 nitrogen and oxygen atoms in total. The number of hydrogen-bond donors (Lipinski definition) is 1. The lowest BCUT2D eigenvalue weighted by Gasteiger charge is -2.10. The van der Waals surface area contributed by atoms with Gasteiger partial charge in [0, 0.05) is 21.7 Å². The van der Waals surface area contributed by atoms with Gasteiger partial charge in [-0.3, -0.25) is 4.98 Å². The molecule has 0 fully saturated rings. The van der Waals surface area contributed by atoms with Crippen LogP contribution < -0.4 is 5.32 Å². The predicted molar refractivity (Wildman–Crippen MR) is 83.2 cm³/mol. The standard InChI is InChI=1S/C16H13BrN2/c17-15-8-9-16(14-7-2-1-6-13(14)15)19-11-12-5-3-4-10-18-12/h1-10,19H,11H2. The first-order valence-corrected chi connectivity index (χ1v) is 6.95. The minimum atomic E-state index is 0.729. The van der Waals surface area contributed by atoms with Crippen molar-refractivity contribution in [2.75, 3.05) is 5.32 Å². The van der Waals surface area contributed by atoms with Crippen molar-refractivity contribution in [2.24, 2.45) is 0 Å². The third-order valence-corrected chi connectivity index (χ3v) is 3.75. The summed E-state index contributed by atoms with van der Waals surface area (Å²) in [5.74, 6) is 0. The highest BCUT2D eigenvalue weighted by Gasteiger charge is 2.03. The van der Waals surface area contributed by atoms with Crippen molar-refractivity contribution in [3.8, 4) is 0 Å². The molecule has 0 spiro atoms. The highest BCUT2D eigenvalue weighted by molar-refractivity contribution is 9.10. The van der Waals surface area contributed by atoms with Gasteiger partial charge in [-0.2, -0.15) is 0 Å². The second kappa shape index (κ2) is 5.41. The van der Waals surface area contributed by atoms with E-state index in [2.05, 4.69) is 62.6 Å². The normalized spacial score (nSPS) is 10.6. The molecule has 1 aromatic heterocycles. The summed E-state index contributed by atoms with van der Waals surface area (Å²) < 4.78 is 1.12. The second-order valence-corrected chi connectivity index (χ2v) is 5.17. The molecule has 94 valence electrons. The number of anilines is 1. The monoisotopic (exact) mass is 312 g/mol. The van der Waals surface area contributed by atoms with E-state index in [1.807, 2.05) is 24.4 Å². The maximum Gasteiger partial charge on any atom is 0.0594 e. The molecule has 0 aliphatic carbocycles. The van der Waals surface area contributed by atoms with Gasteiger partial charge in [0.2, 0.25) is 0 Å². The number of pyridine rings is 1. The van der Waals surface area contributed by atoms with Gasteiger partial charge in [0.15, 0.2) is 0 Å². The molecular weight excluding hydrogens is 300 g/mol. The topological polar surface area (TPSA) is 24.9 Å². The van der Waals surface area contributed by atoms with Crippen LogP contribution >= 0.6 is 15.9 Å². The third kappa shape index (κ3) is 2.61. The van der Waals surface area contributed by atoms with E-state index in [0.717, 1.165) is 22.4 Å². The first kappa shape index (κ1) is 12.2. The minimum Gasteiger partial charge on any atom is -0.379 e. The minimum absolute atomic E-state index is 0.729. The number of hydrogen-bond acceptors (Lipinski definition) is 2. The Morgan fingerprint density at radius 1 is 0.895 bits per heavy atom. The van der Waals surface area contributed by atoms with Gasteiger partial charge in [-0.15, -0.1) is 0 Å². The average Bonchev–Trinajstić information content (AvgIpc) is 2.48. The molecule has 2 aromatic carbocycles. The molecule has 0 bridgehead atoms. The predicted octanol–water partition coefficient (Wildman–Crippen LogP) is 4.61. The number of nitrogens with one attached hydrogen (secondary N) is 1. The summed E-state index contributed by atoms with van der Waals surface area (Å²) in [7, 11) is 0. The van der Waals surface area contributed by atoms with Crippen molar-refractivity contribution in [1.29, 1.82) is 0 Å². The van der Waals surface area contributed by atoms with E-state index < -0.39 is 0 Å². The van der Waals surface area contributed by atoms with E-state index in [4.69, 9.17) is 0 Å². The van der Waals surface area contributed by atoms with Crippen LogP contribution in [0.1, 0.15) is 5.69 Å². The van der Waals surface area contributed by atoms with Crippen molar-refractivity contribution >= 4 is 32.4 Å². The molecule has 0 aliphatic rings. The molecule has 0 amide bonds. The summed E-state index contributed by atoms with van der Waals surface area (Å²) in [6, 6.07) is 18.5. The quantitative estimate of drug-likeness (QED) is 0.764. The molecule has 0 aliphatic heterocycles. The number of halogens is 1. The number of rotatable bonds is 3. The molecule has 0 saturated carbocycles. The molecule has 3 aromatic rings. The van der Waals surface area contributed by atoms with Crippen molar-refractivity contribution in [2.45, 2.75) is 6.54 Å². The summed E-state index contributed by atoms with van der Waals surface area (Å²) in [6.07, 6.45) is 1.82. The van der Waals surface area contributed by atoms with Crippen LogP contribution in [0.3, 0.4) is 0 Å². The SMILES string of the molecule is Brc1ccc(NCc2ccccn2)c2ccccc12. The molecule has 3 heteroatoms. The highest BCUT2D eigenvalue weighted by atomic mass is 79.9. The van der Waals surface area contributed by atoms with Crippen molar-refractivity contribution < 1.29 is 0 Å². The zero-order valence-electron chi connectivity index (χ0n) is 10.3. The molecule has 3 rings (SSSR count). The molecule has 19 heavy (non-hydrogen) atoms. The lowest BCUT2D eigenvalue weighted by Crippen LogP contribution is -2.01. The average molecular weight is 313 g/mol. The Hall–Kier alpha value is -1.87. The van der Waals surface area contributed by atoms with Crippen LogP contribution in [0.25, 0.3) is 10.8 Å². The van der Waals surface area contributed by atoms with Crippen LogP contribution in [0, 0.1) is 0 Å². The Labute approximate surface area is 120 Å². The summed E-state index contributed by atoms with van der Waals surface area (Å²) in [5.41, 5.74) is 2.17. The number of aromatic nitrogens is 1. The van der Waals surface area contributed by atoms with Gasteiger partial charge >= 0.3 is 0 Å². The summed E-state index contributed by atoms with van der Waals surface area (Å²) in [4.78, 5) is 4.32. The van der Waals surface area contributed by atoms with Crippen LogP contribution in [-0.2, 0) is 6.54 Å². The molecule has 0 radical (unpaired) electrons. The van der Waals surface area contributed by atoms with Crippen molar-refractivity contribution in [1.82, 2.24) is 4.98 Å². The Bertz CT molecular complexity index is 695. The maximum atomic E-state index is 4.32. The lowest BCUT2D eigenvalue weighted by atomic mass is 10.1. The number of fused-ring (bicyclic) bond motifs is 1. The largest absolute Gasteiger partial charge is 0.379 e. The first-order chi connectivity index (χ1) is 9.34. The molecular formula is C16H13BrN2. The second-order valence-electron chi connectivity index (χ2n) is 4.32. The van der Waals surface area contributed by atoms with Gasteiger partial charge in [-0.25, -0.2) is 0 Å². The van der Waals surface area contributed by atoms with Crippen molar-refractivity contribution in [3.05, 3.63) is 71.0 Å². The van der Waals surface area contributed by atoms with E-state index in [0.29, 0.717) is 0 Å². The molecule has 1 heterocycles. The smallest absolute Gasteiger partial charge is 0.0594 e. The molecule has 1 N–H and O–H groups in total. The lowest BCUT2D eigenvalue weighted by molar-refractivity contribution is 1.05. The van der Waals surface area contributed by atoms with E-state index in [9.17, 15) is 0 Å². The first-order valence-electron chi connectivity index (χ1n) is 6.15. The Morgan fingerprint density at radius 2 is 1.68 bits per heavy atom. The van der Waals surface area contributed by atoms with E-state index in [-0.39, 0.29) is 0 Å². The fourth-order valence-electron chi connectivity index (χ4n) is 2.10. The zero-order valence-corrected chi connectivity index (χ0v) is 11.9. The third-order valence-electron chi connectivity index (χ3n) is 3.06. The number of nitrogens with zero attached hydrogens (tertiary/aromatic N) is 1. The van der Waals surface area contributed by atoms with Gasteiger partial charge in [0.05, 0.1) is 12.2 Å². The number of benzene rings is 2. The van der Waals surface area contributed by atoms with Gasteiger partial charge in [0.1, 0.15) is 0 Å². The van der Waals surface area contributed by atoms with Gasteiger partial charge in [-0.05, 0) is 29.7 Å². The fraction of sp³-hybridized carbons (Fsp3) is 0.0625. The Balaban J connectivity index is 1.91. The fourth-order valence-corrected chi connectivity index (χ4v) is 2.58. The van der Waals surface area contributed by atoms with Gasteiger partial charge < -0.3 is 5.32 Å². The van der Waals surface area contributed by atoms with Crippen LogP contribution in [0.5, 0.6) is 0 Å². The molecule has 0 unspecified atom stereocenters.